The van der Waals surface area contributed by atoms with E-state index >= 15 is 0 Å². The number of amides is 2. The molecule has 2 aromatic rings. The van der Waals surface area contributed by atoms with Gasteiger partial charge in [-0.1, -0.05) is 23.7 Å². The summed E-state index contributed by atoms with van der Waals surface area (Å²) in [5.41, 5.74) is 0. The van der Waals surface area contributed by atoms with E-state index in [1.54, 1.807) is 42.2 Å². The van der Waals surface area contributed by atoms with E-state index in [9.17, 15) is 18.0 Å². The summed E-state index contributed by atoms with van der Waals surface area (Å²) in [5, 5.41) is 2.18. The fraction of sp³-hybridized carbons (Fsp3) is 0.500. The van der Waals surface area contributed by atoms with Crippen molar-refractivity contribution in [1.29, 1.82) is 0 Å². The van der Waals surface area contributed by atoms with Crippen LogP contribution in [-0.4, -0.2) is 72.6 Å². The lowest BCUT2D eigenvalue weighted by Crippen LogP contribution is -2.52. The highest BCUT2D eigenvalue weighted by atomic mass is 35.5. The smallest absolute Gasteiger partial charge is 0.245 e. The summed E-state index contributed by atoms with van der Waals surface area (Å²) in [5.74, 6) is 0.260. The SMILES string of the molecule is C[C@H](C(=O)N1C[C@H]2CC[C@@H]1C2)N1CC[C@H](N(C)S(=O)(=O)c2ccc3cc(Cl)ccc3c2)C1=O. The fourth-order valence-electron chi connectivity index (χ4n) is 5.67. The van der Waals surface area contributed by atoms with Crippen molar-refractivity contribution >= 4 is 44.2 Å². The van der Waals surface area contributed by atoms with Crippen LogP contribution in [0.25, 0.3) is 10.8 Å². The molecule has 33 heavy (non-hydrogen) atoms. The van der Waals surface area contributed by atoms with Crippen molar-refractivity contribution in [3.8, 4) is 0 Å². The molecule has 0 radical (unpaired) electrons. The Bertz CT molecular complexity index is 1230. The first kappa shape index (κ1) is 22.6. The highest BCUT2D eigenvalue weighted by Gasteiger charge is 2.46. The molecule has 2 saturated heterocycles. The molecule has 5 rings (SSSR count). The van der Waals surface area contributed by atoms with Crippen LogP contribution in [0, 0.1) is 5.92 Å². The molecule has 2 amide bonds. The van der Waals surface area contributed by atoms with Gasteiger partial charge >= 0.3 is 0 Å². The molecule has 1 saturated carbocycles. The van der Waals surface area contributed by atoms with Gasteiger partial charge in [-0.3, -0.25) is 9.59 Å². The van der Waals surface area contributed by atoms with E-state index in [-0.39, 0.29) is 16.7 Å². The molecule has 0 N–H and O–H groups in total. The van der Waals surface area contributed by atoms with Crippen LogP contribution in [0.15, 0.2) is 41.3 Å². The Kier molecular flexibility index (Phi) is 5.66. The van der Waals surface area contributed by atoms with Crippen LogP contribution in [-0.2, 0) is 19.6 Å². The predicted octanol–water partition coefficient (Wildman–Crippen LogP) is 3.11. The first-order chi connectivity index (χ1) is 15.7. The van der Waals surface area contributed by atoms with Gasteiger partial charge in [-0.2, -0.15) is 4.31 Å². The van der Waals surface area contributed by atoms with Gasteiger partial charge in [0.05, 0.1) is 4.90 Å². The molecule has 1 aliphatic carbocycles. The van der Waals surface area contributed by atoms with Crippen molar-refractivity contribution in [3.05, 3.63) is 41.4 Å². The van der Waals surface area contributed by atoms with E-state index in [2.05, 4.69) is 0 Å². The number of likely N-dealkylation sites (N-methyl/N-ethyl adjacent to an activating group) is 1. The number of halogens is 1. The molecular weight excluding hydrogens is 462 g/mol. The Labute approximate surface area is 199 Å². The van der Waals surface area contributed by atoms with Gasteiger partial charge in [0.25, 0.3) is 0 Å². The van der Waals surface area contributed by atoms with Gasteiger partial charge < -0.3 is 9.80 Å². The Morgan fingerprint density at radius 2 is 1.85 bits per heavy atom. The maximum atomic E-state index is 13.3. The third-order valence-electron chi connectivity index (χ3n) is 7.62. The molecule has 2 bridgehead atoms. The van der Waals surface area contributed by atoms with Crippen molar-refractivity contribution in [3.63, 3.8) is 0 Å². The fourth-order valence-corrected chi connectivity index (χ4v) is 7.22. The summed E-state index contributed by atoms with van der Waals surface area (Å²) in [4.78, 5) is 29.9. The van der Waals surface area contributed by atoms with Crippen molar-refractivity contribution in [2.24, 2.45) is 5.92 Å². The molecule has 2 heterocycles. The second-order valence-electron chi connectivity index (χ2n) is 9.51. The number of nitrogens with zero attached hydrogens (tertiary/aromatic N) is 3. The molecule has 2 aliphatic heterocycles. The quantitative estimate of drug-likeness (QED) is 0.646. The highest BCUT2D eigenvalue weighted by molar-refractivity contribution is 7.89. The summed E-state index contributed by atoms with van der Waals surface area (Å²) in [6.45, 7) is 2.91. The minimum absolute atomic E-state index is 0.0186. The lowest BCUT2D eigenvalue weighted by Gasteiger charge is -2.33. The number of hydrogen-bond acceptors (Lipinski definition) is 4. The summed E-state index contributed by atoms with van der Waals surface area (Å²) in [6.07, 6.45) is 3.64. The third-order valence-corrected chi connectivity index (χ3v) is 9.72. The van der Waals surface area contributed by atoms with Crippen molar-refractivity contribution in [2.45, 2.75) is 55.6 Å². The summed E-state index contributed by atoms with van der Waals surface area (Å²) in [7, 11) is -2.45. The second kappa shape index (κ2) is 8.25. The van der Waals surface area contributed by atoms with Gasteiger partial charge in [-0.25, -0.2) is 8.42 Å². The minimum atomic E-state index is -3.89. The van der Waals surface area contributed by atoms with E-state index in [1.165, 1.54) is 19.5 Å². The van der Waals surface area contributed by atoms with Crippen LogP contribution in [0.1, 0.15) is 32.6 Å². The number of benzene rings is 2. The van der Waals surface area contributed by atoms with Gasteiger partial charge in [-0.15, -0.1) is 0 Å². The Morgan fingerprint density at radius 3 is 2.55 bits per heavy atom. The number of piperidine rings is 1. The minimum Gasteiger partial charge on any atom is -0.338 e. The topological polar surface area (TPSA) is 78.0 Å². The Balaban J connectivity index is 1.32. The standard InChI is InChI=1S/C24H28ClN3O4S/c1-15(23(29)28-14-16-3-7-20(28)11-16)27-10-9-22(24(27)30)26(2)33(31,32)21-8-5-17-12-19(25)6-4-18(17)13-21/h4-6,8,12-13,15-16,20,22H,3,7,9-11,14H2,1-2H3/t15-,16+,20-,22+/m1/s1. The summed E-state index contributed by atoms with van der Waals surface area (Å²) < 4.78 is 27.8. The largest absolute Gasteiger partial charge is 0.338 e. The first-order valence-corrected chi connectivity index (χ1v) is 13.3. The molecule has 0 spiro atoms. The Morgan fingerprint density at radius 1 is 1.12 bits per heavy atom. The van der Waals surface area contributed by atoms with Crippen LogP contribution >= 0.6 is 11.6 Å². The van der Waals surface area contributed by atoms with E-state index in [4.69, 9.17) is 11.6 Å². The average Bonchev–Trinajstić information content (AvgIpc) is 3.53. The average molecular weight is 490 g/mol. The zero-order chi connectivity index (χ0) is 23.5. The normalized spacial score (nSPS) is 26.1. The molecule has 3 fully saturated rings. The second-order valence-corrected chi connectivity index (χ2v) is 11.9. The molecule has 4 atom stereocenters. The van der Waals surface area contributed by atoms with E-state index in [1.807, 2.05) is 4.90 Å². The third kappa shape index (κ3) is 3.82. The lowest BCUT2D eigenvalue weighted by molar-refractivity contribution is -0.145. The van der Waals surface area contributed by atoms with Crippen LogP contribution in [0.3, 0.4) is 0 Å². The van der Waals surface area contributed by atoms with Gasteiger partial charge in [0.1, 0.15) is 12.1 Å². The Hall–Kier alpha value is -2.16. The zero-order valence-electron chi connectivity index (χ0n) is 18.8. The summed E-state index contributed by atoms with van der Waals surface area (Å²) in [6, 6.07) is 9.02. The molecular formula is C24H28ClN3O4S. The van der Waals surface area contributed by atoms with Crippen LogP contribution < -0.4 is 0 Å². The number of hydrogen-bond donors (Lipinski definition) is 0. The number of sulfonamides is 1. The van der Waals surface area contributed by atoms with Crippen LogP contribution in [0.2, 0.25) is 5.02 Å². The van der Waals surface area contributed by atoms with E-state index in [0.29, 0.717) is 29.9 Å². The zero-order valence-corrected chi connectivity index (χ0v) is 20.3. The van der Waals surface area contributed by atoms with Gasteiger partial charge in [-0.05, 0) is 73.6 Å². The number of likely N-dealkylation sites (tertiary alicyclic amines) is 2. The first-order valence-electron chi connectivity index (χ1n) is 11.4. The summed E-state index contributed by atoms with van der Waals surface area (Å²) >= 11 is 6.03. The molecule has 9 heteroatoms. The van der Waals surface area contributed by atoms with Gasteiger partial charge in [0.2, 0.25) is 21.8 Å². The molecule has 3 aliphatic rings. The van der Waals surface area contributed by atoms with Crippen LogP contribution in [0.5, 0.6) is 0 Å². The van der Waals surface area contributed by atoms with Crippen molar-refractivity contribution in [1.82, 2.24) is 14.1 Å². The predicted molar refractivity (Wildman–Crippen MR) is 126 cm³/mol. The van der Waals surface area contributed by atoms with E-state index < -0.39 is 22.1 Å². The monoisotopic (exact) mass is 489 g/mol. The molecule has 7 nitrogen and oxygen atoms in total. The number of carbonyl (C=O) groups is 2. The highest BCUT2D eigenvalue weighted by Crippen LogP contribution is 2.38. The van der Waals surface area contributed by atoms with Crippen molar-refractivity contribution in [2.75, 3.05) is 20.1 Å². The van der Waals surface area contributed by atoms with Crippen molar-refractivity contribution < 1.29 is 18.0 Å². The maximum Gasteiger partial charge on any atom is 0.245 e. The van der Waals surface area contributed by atoms with Crippen LogP contribution in [0.4, 0.5) is 0 Å². The number of carbonyl (C=O) groups excluding carboxylic acids is 2. The maximum absolute atomic E-state index is 13.3. The van der Waals surface area contributed by atoms with E-state index in [0.717, 1.165) is 34.5 Å². The molecule has 2 aromatic carbocycles. The number of rotatable bonds is 5. The lowest BCUT2D eigenvalue weighted by atomic mass is 10.1. The van der Waals surface area contributed by atoms with Gasteiger partial charge in [0.15, 0.2) is 0 Å². The number of fused-ring (bicyclic) bond motifs is 3. The molecule has 0 aromatic heterocycles. The molecule has 176 valence electrons. The molecule has 0 unspecified atom stereocenters. The van der Waals surface area contributed by atoms with Gasteiger partial charge in [0, 0.05) is 31.2 Å².